The molecule has 3 N–H and O–H groups in total. The average Bonchev–Trinajstić information content (AvgIpc) is 2.81. The van der Waals surface area contributed by atoms with E-state index in [2.05, 4.69) is 0 Å². The zero-order valence-corrected chi connectivity index (χ0v) is 8.93. The van der Waals surface area contributed by atoms with Crippen LogP contribution in [0.4, 0.5) is 0 Å². The average molecular weight is 221 g/mol. The lowest BCUT2D eigenvalue weighted by Crippen LogP contribution is -2.22. The summed E-state index contributed by atoms with van der Waals surface area (Å²) >= 11 is 0. The summed E-state index contributed by atoms with van der Waals surface area (Å²) < 4.78 is 5.32. The molecule has 0 bridgehead atoms. The van der Waals surface area contributed by atoms with Crippen molar-refractivity contribution in [3.05, 3.63) is 35.4 Å². The van der Waals surface area contributed by atoms with E-state index >= 15 is 0 Å². The molecular weight excluding hydrogens is 206 g/mol. The van der Waals surface area contributed by atoms with Crippen LogP contribution in [0.5, 0.6) is 0 Å². The lowest BCUT2D eigenvalue weighted by atomic mass is 9.90. The predicted octanol–water partition coefficient (Wildman–Crippen LogP) is 1.27. The Balaban J connectivity index is 2.33. The van der Waals surface area contributed by atoms with Gasteiger partial charge in [0.05, 0.1) is 6.61 Å². The van der Waals surface area contributed by atoms with Crippen LogP contribution in [0.25, 0.3) is 0 Å². The molecule has 0 amide bonds. The second kappa shape index (κ2) is 4.63. The van der Waals surface area contributed by atoms with Crippen molar-refractivity contribution in [2.24, 2.45) is 5.73 Å². The smallest absolute Gasteiger partial charge is 0.325 e. The van der Waals surface area contributed by atoms with Gasteiger partial charge in [-0.3, -0.25) is 4.79 Å². The molecule has 2 unspecified atom stereocenters. The number of ether oxygens (including phenoxy) is 1. The lowest BCUT2D eigenvalue weighted by molar-refractivity contribution is -0.138. The third-order valence-electron chi connectivity index (χ3n) is 2.97. The van der Waals surface area contributed by atoms with Crippen LogP contribution in [0.15, 0.2) is 24.3 Å². The molecule has 86 valence electrons. The molecule has 2 rings (SSSR count). The van der Waals surface area contributed by atoms with Crippen LogP contribution in [0.3, 0.4) is 0 Å². The normalized spacial score (nSPS) is 21.9. The van der Waals surface area contributed by atoms with E-state index in [0.717, 1.165) is 18.6 Å². The van der Waals surface area contributed by atoms with Crippen LogP contribution in [0.2, 0.25) is 0 Å². The van der Waals surface area contributed by atoms with Crippen molar-refractivity contribution in [3.8, 4) is 0 Å². The van der Waals surface area contributed by atoms with Gasteiger partial charge in [0.25, 0.3) is 0 Å². The van der Waals surface area contributed by atoms with Crippen LogP contribution < -0.4 is 5.73 Å². The SMILES string of the molecule is NC(C(=O)O)c1ccccc1C1CCOC1. The molecule has 0 radical (unpaired) electrons. The van der Waals surface area contributed by atoms with E-state index in [1.165, 1.54) is 0 Å². The summed E-state index contributed by atoms with van der Waals surface area (Å²) in [5, 5.41) is 8.95. The summed E-state index contributed by atoms with van der Waals surface area (Å²) in [5.41, 5.74) is 7.37. The van der Waals surface area contributed by atoms with Gasteiger partial charge in [-0.2, -0.15) is 0 Å². The molecule has 0 aliphatic carbocycles. The van der Waals surface area contributed by atoms with Crippen LogP contribution in [0.1, 0.15) is 29.5 Å². The minimum Gasteiger partial charge on any atom is -0.480 e. The monoisotopic (exact) mass is 221 g/mol. The van der Waals surface area contributed by atoms with Gasteiger partial charge >= 0.3 is 5.97 Å². The van der Waals surface area contributed by atoms with Crippen LogP contribution in [-0.4, -0.2) is 24.3 Å². The Labute approximate surface area is 94.0 Å². The molecule has 1 saturated heterocycles. The molecule has 4 nitrogen and oxygen atoms in total. The fourth-order valence-corrected chi connectivity index (χ4v) is 2.08. The zero-order valence-electron chi connectivity index (χ0n) is 8.93. The topological polar surface area (TPSA) is 72.6 Å². The summed E-state index contributed by atoms with van der Waals surface area (Å²) in [6.45, 7) is 1.39. The number of aliphatic carboxylic acids is 1. The highest BCUT2D eigenvalue weighted by molar-refractivity contribution is 5.75. The Morgan fingerprint density at radius 2 is 2.25 bits per heavy atom. The minimum atomic E-state index is -0.994. The number of rotatable bonds is 3. The second-order valence-electron chi connectivity index (χ2n) is 4.01. The number of hydrogen-bond acceptors (Lipinski definition) is 3. The molecule has 2 atom stereocenters. The summed E-state index contributed by atoms with van der Waals surface area (Å²) in [7, 11) is 0. The van der Waals surface area contributed by atoms with Gasteiger partial charge in [0.1, 0.15) is 6.04 Å². The number of carbonyl (C=O) groups is 1. The first-order valence-electron chi connectivity index (χ1n) is 5.35. The van der Waals surface area contributed by atoms with Gasteiger partial charge in [0.15, 0.2) is 0 Å². The Hall–Kier alpha value is -1.39. The van der Waals surface area contributed by atoms with Gasteiger partial charge in [-0.15, -0.1) is 0 Å². The largest absolute Gasteiger partial charge is 0.480 e. The van der Waals surface area contributed by atoms with Crippen molar-refractivity contribution < 1.29 is 14.6 Å². The van der Waals surface area contributed by atoms with E-state index in [1.807, 2.05) is 18.2 Å². The fourth-order valence-electron chi connectivity index (χ4n) is 2.08. The molecule has 4 heteroatoms. The summed E-state index contributed by atoms with van der Waals surface area (Å²) in [4.78, 5) is 10.9. The lowest BCUT2D eigenvalue weighted by Gasteiger charge is -2.16. The molecule has 1 aromatic carbocycles. The maximum Gasteiger partial charge on any atom is 0.325 e. The molecule has 1 aromatic rings. The number of benzene rings is 1. The van der Waals surface area contributed by atoms with E-state index < -0.39 is 12.0 Å². The van der Waals surface area contributed by atoms with Crippen LogP contribution >= 0.6 is 0 Å². The molecule has 1 aliphatic rings. The zero-order chi connectivity index (χ0) is 11.5. The number of carboxylic acid groups (broad SMARTS) is 1. The first-order valence-corrected chi connectivity index (χ1v) is 5.35. The highest BCUT2D eigenvalue weighted by Gasteiger charge is 2.24. The van der Waals surface area contributed by atoms with Crippen molar-refractivity contribution >= 4 is 5.97 Å². The van der Waals surface area contributed by atoms with Gasteiger partial charge in [-0.1, -0.05) is 24.3 Å². The van der Waals surface area contributed by atoms with E-state index in [4.69, 9.17) is 15.6 Å². The molecule has 16 heavy (non-hydrogen) atoms. The van der Waals surface area contributed by atoms with Crippen molar-refractivity contribution in [1.29, 1.82) is 0 Å². The van der Waals surface area contributed by atoms with E-state index in [9.17, 15) is 4.79 Å². The number of carboxylic acids is 1. The van der Waals surface area contributed by atoms with Gasteiger partial charge in [-0.25, -0.2) is 0 Å². The van der Waals surface area contributed by atoms with Gasteiger partial charge in [0, 0.05) is 12.5 Å². The third-order valence-corrected chi connectivity index (χ3v) is 2.97. The highest BCUT2D eigenvalue weighted by Crippen LogP contribution is 2.30. The fraction of sp³-hybridized carbons (Fsp3) is 0.417. The van der Waals surface area contributed by atoms with E-state index in [1.54, 1.807) is 6.07 Å². The molecule has 1 heterocycles. The van der Waals surface area contributed by atoms with E-state index in [-0.39, 0.29) is 5.92 Å². The molecule has 1 aliphatic heterocycles. The highest BCUT2D eigenvalue weighted by atomic mass is 16.5. The Morgan fingerprint density at radius 3 is 2.88 bits per heavy atom. The van der Waals surface area contributed by atoms with Crippen molar-refractivity contribution in [3.63, 3.8) is 0 Å². The Kier molecular flexibility index (Phi) is 3.22. The third kappa shape index (κ3) is 2.08. The van der Waals surface area contributed by atoms with Crippen molar-refractivity contribution in [1.82, 2.24) is 0 Å². The molecule has 1 fully saturated rings. The van der Waals surface area contributed by atoms with Gasteiger partial charge in [-0.05, 0) is 17.5 Å². The van der Waals surface area contributed by atoms with Gasteiger partial charge < -0.3 is 15.6 Å². The number of hydrogen-bond donors (Lipinski definition) is 2. The summed E-state index contributed by atoms with van der Waals surface area (Å²) in [6, 6.07) is 6.50. The van der Waals surface area contributed by atoms with Gasteiger partial charge in [0.2, 0.25) is 0 Å². The van der Waals surface area contributed by atoms with Crippen molar-refractivity contribution in [2.45, 2.75) is 18.4 Å². The van der Waals surface area contributed by atoms with E-state index in [0.29, 0.717) is 12.2 Å². The maximum atomic E-state index is 10.9. The molecule has 0 spiro atoms. The standard InChI is InChI=1S/C12H15NO3/c13-11(12(14)15)10-4-2-1-3-9(10)8-5-6-16-7-8/h1-4,8,11H,5-7,13H2,(H,14,15). The quantitative estimate of drug-likeness (QED) is 0.806. The second-order valence-corrected chi connectivity index (χ2v) is 4.01. The summed E-state index contributed by atoms with van der Waals surface area (Å²) in [5.74, 6) is -0.715. The maximum absolute atomic E-state index is 10.9. The minimum absolute atomic E-state index is 0.279. The predicted molar refractivity (Wildman–Crippen MR) is 59.2 cm³/mol. The first kappa shape index (κ1) is 11.1. The van der Waals surface area contributed by atoms with Crippen molar-refractivity contribution in [2.75, 3.05) is 13.2 Å². The molecular formula is C12H15NO3. The molecule has 0 aromatic heterocycles. The Bertz CT molecular complexity index is 386. The first-order chi connectivity index (χ1) is 7.70. The van der Waals surface area contributed by atoms with Crippen LogP contribution in [0, 0.1) is 0 Å². The summed E-state index contributed by atoms with van der Waals surface area (Å²) in [6.07, 6.45) is 0.934. The van der Waals surface area contributed by atoms with Crippen LogP contribution in [-0.2, 0) is 9.53 Å². The number of nitrogens with two attached hydrogens (primary N) is 1. The molecule has 0 saturated carbocycles. The Morgan fingerprint density at radius 1 is 1.50 bits per heavy atom.